The van der Waals surface area contributed by atoms with Gasteiger partial charge >= 0.3 is 0 Å². The number of carbonyl (C=O) groups excluding carboxylic acids is 1. The molecule has 0 atom stereocenters. The van der Waals surface area contributed by atoms with Crippen molar-refractivity contribution in [3.63, 3.8) is 0 Å². The van der Waals surface area contributed by atoms with Gasteiger partial charge in [-0.2, -0.15) is 0 Å². The average Bonchev–Trinajstić information content (AvgIpc) is 2.84. The molecule has 2 aromatic rings. The lowest BCUT2D eigenvalue weighted by Crippen LogP contribution is -2.26. The van der Waals surface area contributed by atoms with Gasteiger partial charge in [-0.1, -0.05) is 24.4 Å². The largest absolute Gasteiger partial charge is 0.389 e. The van der Waals surface area contributed by atoms with Gasteiger partial charge in [0, 0.05) is 23.7 Å². The van der Waals surface area contributed by atoms with E-state index in [2.05, 4.69) is 22.6 Å². The molecule has 0 saturated heterocycles. The topological polar surface area (TPSA) is 46.3 Å². The predicted octanol–water partition coefficient (Wildman–Crippen LogP) is 3.26. The molecule has 0 aliphatic carbocycles. The minimum atomic E-state index is -0.0424. The van der Waals surface area contributed by atoms with Crippen LogP contribution in [0.3, 0.4) is 0 Å². The van der Waals surface area contributed by atoms with Crippen LogP contribution in [-0.4, -0.2) is 17.9 Å². The molecule has 0 spiro atoms. The number of amides is 1. The summed E-state index contributed by atoms with van der Waals surface area (Å²) >= 11 is 8.70. The zero-order valence-electron chi connectivity index (χ0n) is 10.1. The van der Waals surface area contributed by atoms with E-state index < -0.39 is 0 Å². The van der Waals surface area contributed by atoms with E-state index in [9.17, 15) is 4.79 Å². The van der Waals surface area contributed by atoms with E-state index in [1.807, 2.05) is 35.7 Å². The highest BCUT2D eigenvalue weighted by Crippen LogP contribution is 2.21. The first-order valence-corrected chi connectivity index (χ1v) is 7.77. The van der Waals surface area contributed by atoms with Crippen LogP contribution in [0.1, 0.15) is 15.9 Å². The van der Waals surface area contributed by atoms with Crippen LogP contribution in [0.2, 0.25) is 0 Å². The maximum Gasteiger partial charge on any atom is 0.258 e. The third-order valence-electron chi connectivity index (χ3n) is 2.64. The minimum absolute atomic E-state index is 0.0424. The number of thiophene rings is 1. The van der Waals surface area contributed by atoms with E-state index in [0.29, 0.717) is 10.6 Å². The molecule has 0 unspecified atom stereocenters. The molecule has 1 aromatic carbocycles. The van der Waals surface area contributed by atoms with Crippen LogP contribution in [0, 0.1) is 2.88 Å². The summed E-state index contributed by atoms with van der Waals surface area (Å²) in [4.78, 5) is 14.2. The normalized spacial score (nSPS) is 10.2. The summed E-state index contributed by atoms with van der Waals surface area (Å²) in [5.74, 6) is -0.0424. The minimum Gasteiger partial charge on any atom is -0.389 e. The predicted molar refractivity (Wildman–Crippen MR) is 92.1 cm³/mol. The third-order valence-corrected chi connectivity index (χ3v) is 4.66. The number of nitrogens with zero attached hydrogens (tertiary/aromatic N) is 1. The van der Waals surface area contributed by atoms with Gasteiger partial charge in [-0.25, -0.2) is 0 Å². The summed E-state index contributed by atoms with van der Waals surface area (Å²) in [5.41, 5.74) is 7.83. The monoisotopic (exact) mass is 402 g/mol. The van der Waals surface area contributed by atoms with Gasteiger partial charge in [0.2, 0.25) is 0 Å². The molecular weight excluding hydrogens is 391 g/mol. The van der Waals surface area contributed by atoms with Crippen molar-refractivity contribution in [3.05, 3.63) is 49.7 Å². The Bertz CT molecular complexity index is 639. The van der Waals surface area contributed by atoms with Gasteiger partial charge in [-0.05, 0) is 40.8 Å². The number of nitrogens with two attached hydrogens (primary N) is 1. The molecule has 0 saturated carbocycles. The molecule has 1 amide bonds. The van der Waals surface area contributed by atoms with E-state index in [4.69, 9.17) is 18.0 Å². The smallest absolute Gasteiger partial charge is 0.258 e. The van der Waals surface area contributed by atoms with Gasteiger partial charge in [0.15, 0.2) is 0 Å². The lowest BCUT2D eigenvalue weighted by molar-refractivity contribution is 0.0993. The molecule has 6 heteroatoms. The van der Waals surface area contributed by atoms with E-state index in [-0.39, 0.29) is 5.91 Å². The third kappa shape index (κ3) is 3.31. The molecule has 1 aromatic heterocycles. The van der Waals surface area contributed by atoms with E-state index >= 15 is 0 Å². The van der Waals surface area contributed by atoms with Gasteiger partial charge in [0.25, 0.3) is 5.91 Å². The summed E-state index contributed by atoms with van der Waals surface area (Å²) < 4.78 is 1.09. The number of anilines is 1. The van der Waals surface area contributed by atoms with Crippen molar-refractivity contribution in [2.24, 2.45) is 5.73 Å². The first-order valence-electron chi connectivity index (χ1n) is 5.41. The molecule has 2 rings (SSSR count). The Morgan fingerprint density at radius 3 is 2.68 bits per heavy atom. The number of hydrogen-bond acceptors (Lipinski definition) is 3. The van der Waals surface area contributed by atoms with Crippen LogP contribution >= 0.6 is 46.1 Å². The Balaban J connectivity index is 2.28. The van der Waals surface area contributed by atoms with Crippen molar-refractivity contribution in [2.45, 2.75) is 0 Å². The van der Waals surface area contributed by atoms with Crippen LogP contribution in [-0.2, 0) is 0 Å². The fraction of sp³-hybridized carbons (Fsp3) is 0.0769. The second-order valence-corrected chi connectivity index (χ2v) is 7.16. The second-order valence-electron chi connectivity index (χ2n) is 3.92. The van der Waals surface area contributed by atoms with Crippen LogP contribution in [0.15, 0.2) is 35.7 Å². The highest BCUT2D eigenvalue weighted by Gasteiger charge is 2.15. The molecule has 0 aliphatic rings. The summed E-state index contributed by atoms with van der Waals surface area (Å²) in [5, 5.41) is 1.86. The van der Waals surface area contributed by atoms with Crippen LogP contribution in [0.25, 0.3) is 0 Å². The fourth-order valence-electron chi connectivity index (χ4n) is 1.60. The maximum absolute atomic E-state index is 12.3. The number of carbonyl (C=O) groups is 1. The molecule has 98 valence electrons. The summed E-state index contributed by atoms with van der Waals surface area (Å²) in [6.45, 7) is 0. The quantitative estimate of drug-likeness (QED) is 0.634. The van der Waals surface area contributed by atoms with Gasteiger partial charge in [-0.15, -0.1) is 11.3 Å². The van der Waals surface area contributed by atoms with Crippen LogP contribution < -0.4 is 10.6 Å². The SMILES string of the molecule is CN(C(=O)c1csc(I)c1)c1cccc(C(N)=S)c1. The van der Waals surface area contributed by atoms with E-state index in [1.165, 1.54) is 0 Å². The van der Waals surface area contributed by atoms with Crippen molar-refractivity contribution in [1.29, 1.82) is 0 Å². The van der Waals surface area contributed by atoms with Gasteiger partial charge in [0.05, 0.1) is 8.45 Å². The van der Waals surface area contributed by atoms with E-state index in [1.54, 1.807) is 23.3 Å². The van der Waals surface area contributed by atoms with Gasteiger partial charge in [-0.3, -0.25) is 4.79 Å². The first kappa shape index (κ1) is 14.4. The number of halogens is 1. The van der Waals surface area contributed by atoms with Gasteiger partial charge < -0.3 is 10.6 Å². The Labute approximate surface area is 134 Å². The van der Waals surface area contributed by atoms with Gasteiger partial charge in [0.1, 0.15) is 4.99 Å². The molecule has 0 bridgehead atoms. The Morgan fingerprint density at radius 1 is 1.37 bits per heavy atom. The highest BCUT2D eigenvalue weighted by molar-refractivity contribution is 14.1. The fourth-order valence-corrected chi connectivity index (χ4v) is 3.05. The summed E-state index contributed by atoms with van der Waals surface area (Å²) in [6.07, 6.45) is 0. The van der Waals surface area contributed by atoms with Crippen LogP contribution in [0.4, 0.5) is 5.69 Å². The molecule has 0 fully saturated rings. The van der Waals surface area contributed by atoms with Crippen molar-refractivity contribution >= 4 is 62.7 Å². The van der Waals surface area contributed by atoms with E-state index in [0.717, 1.165) is 14.1 Å². The zero-order chi connectivity index (χ0) is 14.0. The lowest BCUT2D eigenvalue weighted by Gasteiger charge is -2.17. The number of hydrogen-bond donors (Lipinski definition) is 1. The molecule has 19 heavy (non-hydrogen) atoms. The molecule has 0 aliphatic heterocycles. The molecule has 0 radical (unpaired) electrons. The van der Waals surface area contributed by atoms with Crippen molar-refractivity contribution in [1.82, 2.24) is 0 Å². The number of benzene rings is 1. The highest BCUT2D eigenvalue weighted by atomic mass is 127. The Kier molecular flexibility index (Phi) is 4.54. The van der Waals surface area contributed by atoms with Crippen LogP contribution in [0.5, 0.6) is 0 Å². The molecule has 2 N–H and O–H groups in total. The Hall–Kier alpha value is -0.990. The van der Waals surface area contributed by atoms with Crippen molar-refractivity contribution < 1.29 is 4.79 Å². The summed E-state index contributed by atoms with van der Waals surface area (Å²) in [6, 6.07) is 9.22. The standard InChI is InChI=1S/C13H11IN2OS2/c1-16(13(17)9-6-11(14)19-7-9)10-4-2-3-8(5-10)12(15)18/h2-7H,1H3,(H2,15,18). The lowest BCUT2D eigenvalue weighted by atomic mass is 10.2. The second kappa shape index (κ2) is 5.98. The summed E-state index contributed by atoms with van der Waals surface area (Å²) in [7, 11) is 1.74. The maximum atomic E-state index is 12.3. The first-order chi connectivity index (χ1) is 8.99. The Morgan fingerprint density at radius 2 is 2.11 bits per heavy atom. The molecule has 1 heterocycles. The van der Waals surface area contributed by atoms with Crippen molar-refractivity contribution in [3.8, 4) is 0 Å². The van der Waals surface area contributed by atoms with Crippen molar-refractivity contribution in [2.75, 3.05) is 11.9 Å². The number of thiocarbonyl (C=S) groups is 1. The molecular formula is C13H11IN2OS2. The number of rotatable bonds is 3. The molecule has 3 nitrogen and oxygen atoms in total. The zero-order valence-corrected chi connectivity index (χ0v) is 13.9. The average molecular weight is 402 g/mol.